The molecule has 10 nitrogen and oxygen atoms in total. The van der Waals surface area contributed by atoms with Crippen molar-refractivity contribution in [3.8, 4) is 11.3 Å². The summed E-state index contributed by atoms with van der Waals surface area (Å²) in [5.74, 6) is 1.03. The first kappa shape index (κ1) is 23.6. The Morgan fingerprint density at radius 3 is 2.63 bits per heavy atom. The van der Waals surface area contributed by atoms with Gasteiger partial charge in [-0.05, 0) is 39.3 Å². The molecule has 5 rings (SSSR count). The van der Waals surface area contributed by atoms with Gasteiger partial charge in [-0.15, -0.1) is 11.3 Å². The summed E-state index contributed by atoms with van der Waals surface area (Å²) < 4.78 is 6.21. The molecule has 0 aliphatic heterocycles. The first-order valence-corrected chi connectivity index (χ1v) is 12.3. The molecule has 4 aromatic rings. The summed E-state index contributed by atoms with van der Waals surface area (Å²) in [4.78, 5) is 18.1. The minimum atomic E-state index is -1.05. The van der Waals surface area contributed by atoms with Crippen LogP contribution < -0.4 is 10.6 Å². The Balaban J connectivity index is 1.55. The fraction of sp³-hybridized carbons (Fsp3) is 0.417. The number of furan rings is 1. The molecule has 1 aliphatic carbocycles. The van der Waals surface area contributed by atoms with Crippen molar-refractivity contribution < 1.29 is 19.7 Å². The van der Waals surface area contributed by atoms with Crippen molar-refractivity contribution in [2.75, 3.05) is 17.2 Å². The van der Waals surface area contributed by atoms with Crippen molar-refractivity contribution in [2.45, 2.75) is 52.0 Å². The zero-order valence-electron chi connectivity index (χ0n) is 19.7. The number of pyridine rings is 1. The SMILES string of the molecule is Cc1cc2cc(-c3c(C)nc(NCc4nccs4)nc3N[C@@H]3C[C@H](CO)[C@@H](O)[C@H]3O)oc2c(C)n1. The Morgan fingerprint density at radius 1 is 1.09 bits per heavy atom. The van der Waals surface area contributed by atoms with Gasteiger partial charge < -0.3 is 30.4 Å². The van der Waals surface area contributed by atoms with Gasteiger partial charge in [0.2, 0.25) is 5.95 Å². The van der Waals surface area contributed by atoms with Crippen LogP contribution in [-0.4, -0.2) is 60.1 Å². The molecular formula is C24H28N6O4S. The number of hydrogen-bond acceptors (Lipinski definition) is 11. The predicted octanol–water partition coefficient (Wildman–Crippen LogP) is 2.79. The zero-order chi connectivity index (χ0) is 24.7. The maximum Gasteiger partial charge on any atom is 0.225 e. The van der Waals surface area contributed by atoms with Gasteiger partial charge in [0.05, 0.1) is 35.6 Å². The number of aliphatic hydroxyl groups is 3. The smallest absolute Gasteiger partial charge is 0.225 e. The summed E-state index contributed by atoms with van der Waals surface area (Å²) >= 11 is 1.53. The van der Waals surface area contributed by atoms with Crippen LogP contribution >= 0.6 is 11.3 Å². The average molecular weight is 497 g/mol. The number of thiazole rings is 1. The molecule has 0 saturated heterocycles. The van der Waals surface area contributed by atoms with E-state index in [9.17, 15) is 15.3 Å². The van der Waals surface area contributed by atoms with Crippen molar-refractivity contribution in [3.63, 3.8) is 0 Å². The second-order valence-electron chi connectivity index (χ2n) is 8.92. The third-order valence-corrected chi connectivity index (χ3v) is 7.15. The molecule has 5 N–H and O–H groups in total. The first-order valence-electron chi connectivity index (χ1n) is 11.5. The molecule has 1 aliphatic rings. The molecule has 11 heteroatoms. The lowest BCUT2D eigenvalue weighted by atomic mass is 10.1. The molecule has 4 aromatic heterocycles. The quantitative estimate of drug-likeness (QED) is 0.258. The van der Waals surface area contributed by atoms with E-state index in [0.717, 1.165) is 21.8 Å². The normalized spacial score (nSPS) is 22.1. The Morgan fingerprint density at radius 2 is 1.91 bits per heavy atom. The highest BCUT2D eigenvalue weighted by Crippen LogP contribution is 2.37. The predicted molar refractivity (Wildman–Crippen MR) is 133 cm³/mol. The van der Waals surface area contributed by atoms with Crippen LogP contribution in [0.3, 0.4) is 0 Å². The molecule has 4 atom stereocenters. The van der Waals surface area contributed by atoms with Crippen molar-refractivity contribution in [3.05, 3.63) is 45.8 Å². The number of rotatable bonds is 7. The number of fused-ring (bicyclic) bond motifs is 1. The van der Waals surface area contributed by atoms with E-state index < -0.39 is 24.2 Å². The van der Waals surface area contributed by atoms with Gasteiger partial charge in [0.25, 0.3) is 0 Å². The van der Waals surface area contributed by atoms with Crippen LogP contribution in [0.15, 0.2) is 28.1 Å². The lowest BCUT2D eigenvalue weighted by molar-refractivity contribution is 0.00446. The van der Waals surface area contributed by atoms with Crippen LogP contribution in [0.2, 0.25) is 0 Å². The fourth-order valence-corrected chi connectivity index (χ4v) is 5.22. The Bertz CT molecular complexity index is 1340. The molecule has 1 fully saturated rings. The number of nitrogens with zero attached hydrogens (tertiary/aromatic N) is 4. The molecule has 184 valence electrons. The number of hydrogen-bond donors (Lipinski definition) is 5. The number of anilines is 2. The topological polar surface area (TPSA) is 149 Å². The maximum absolute atomic E-state index is 10.6. The van der Waals surface area contributed by atoms with E-state index in [1.54, 1.807) is 6.20 Å². The molecule has 0 bridgehead atoms. The minimum absolute atomic E-state index is 0.206. The van der Waals surface area contributed by atoms with E-state index in [4.69, 9.17) is 9.40 Å². The van der Waals surface area contributed by atoms with Crippen LogP contribution in [0.4, 0.5) is 11.8 Å². The average Bonchev–Trinajstić information content (AvgIpc) is 3.54. The third kappa shape index (κ3) is 4.59. The number of aliphatic hydroxyl groups excluding tert-OH is 3. The Kier molecular flexibility index (Phi) is 6.41. The summed E-state index contributed by atoms with van der Waals surface area (Å²) in [5.41, 5.74) is 3.72. The standard InChI is InChI=1S/C24H28N6O4S/c1-11-6-14-8-17(34-22(14)13(3)27-11)19-12(2)28-24(26-9-18-25-4-5-35-18)30-23(19)29-16-7-15(10-31)20(32)21(16)33/h4-6,8,15-16,20-21,31-33H,7,9-10H2,1-3H3,(H2,26,28,29,30)/t15-,16-,20-,21+/m1/s1. The van der Waals surface area contributed by atoms with Crippen LogP contribution in [0, 0.1) is 26.7 Å². The van der Waals surface area contributed by atoms with Gasteiger partial charge in [-0.3, -0.25) is 4.98 Å². The van der Waals surface area contributed by atoms with Gasteiger partial charge in [0, 0.05) is 35.2 Å². The summed E-state index contributed by atoms with van der Waals surface area (Å²) in [6.07, 6.45) is 0.0703. The molecule has 0 spiro atoms. The van der Waals surface area contributed by atoms with E-state index >= 15 is 0 Å². The van der Waals surface area contributed by atoms with E-state index in [2.05, 4.69) is 25.6 Å². The highest BCUT2D eigenvalue weighted by molar-refractivity contribution is 7.09. The number of nitrogens with one attached hydrogen (secondary N) is 2. The summed E-state index contributed by atoms with van der Waals surface area (Å²) in [5, 5.41) is 40.8. The van der Waals surface area contributed by atoms with E-state index in [0.29, 0.717) is 47.3 Å². The number of aromatic nitrogens is 4. The zero-order valence-corrected chi connectivity index (χ0v) is 20.5. The lowest BCUT2D eigenvalue weighted by Gasteiger charge is -2.21. The van der Waals surface area contributed by atoms with Gasteiger partial charge in [-0.1, -0.05) is 0 Å². The minimum Gasteiger partial charge on any atom is -0.454 e. The van der Waals surface area contributed by atoms with E-state index in [1.807, 2.05) is 38.3 Å². The molecule has 0 aromatic carbocycles. The van der Waals surface area contributed by atoms with Crippen LogP contribution in [0.1, 0.15) is 28.5 Å². The largest absolute Gasteiger partial charge is 0.454 e. The van der Waals surface area contributed by atoms with Crippen LogP contribution in [-0.2, 0) is 6.54 Å². The van der Waals surface area contributed by atoms with Gasteiger partial charge >= 0.3 is 0 Å². The number of aryl methyl sites for hydroxylation is 3. The second kappa shape index (κ2) is 9.50. The second-order valence-corrected chi connectivity index (χ2v) is 9.90. The van der Waals surface area contributed by atoms with Gasteiger partial charge in [-0.25, -0.2) is 9.97 Å². The van der Waals surface area contributed by atoms with Crippen molar-refractivity contribution in [1.82, 2.24) is 19.9 Å². The van der Waals surface area contributed by atoms with Crippen molar-refractivity contribution in [2.24, 2.45) is 5.92 Å². The lowest BCUT2D eigenvalue weighted by Crippen LogP contribution is -2.35. The highest BCUT2D eigenvalue weighted by Gasteiger charge is 2.41. The van der Waals surface area contributed by atoms with Crippen LogP contribution in [0.5, 0.6) is 0 Å². The Hall–Kier alpha value is -3.12. The maximum atomic E-state index is 10.6. The van der Waals surface area contributed by atoms with Gasteiger partial charge in [-0.2, -0.15) is 4.98 Å². The molecular weight excluding hydrogens is 468 g/mol. The molecule has 4 heterocycles. The molecule has 0 amide bonds. The van der Waals surface area contributed by atoms with Crippen LogP contribution in [0.25, 0.3) is 22.3 Å². The van der Waals surface area contributed by atoms with Crippen molar-refractivity contribution >= 4 is 34.1 Å². The van der Waals surface area contributed by atoms with Gasteiger partial charge in [0.1, 0.15) is 22.7 Å². The molecule has 35 heavy (non-hydrogen) atoms. The summed E-state index contributed by atoms with van der Waals surface area (Å²) in [6, 6.07) is 3.40. The molecule has 0 unspecified atom stereocenters. The first-order chi connectivity index (χ1) is 16.8. The highest BCUT2D eigenvalue weighted by atomic mass is 32.1. The monoisotopic (exact) mass is 496 g/mol. The fourth-order valence-electron chi connectivity index (χ4n) is 4.66. The van der Waals surface area contributed by atoms with Gasteiger partial charge in [0.15, 0.2) is 5.58 Å². The molecule has 0 radical (unpaired) electrons. The van der Waals surface area contributed by atoms with Crippen molar-refractivity contribution in [1.29, 1.82) is 0 Å². The summed E-state index contributed by atoms with van der Waals surface area (Å²) in [6.45, 7) is 5.98. The Labute approximate surface area is 206 Å². The molecule has 1 saturated carbocycles. The third-order valence-electron chi connectivity index (χ3n) is 6.37. The van der Waals surface area contributed by atoms with E-state index in [1.165, 1.54) is 11.3 Å². The van der Waals surface area contributed by atoms with E-state index in [-0.39, 0.29) is 6.61 Å². The summed E-state index contributed by atoms with van der Waals surface area (Å²) in [7, 11) is 0.